The van der Waals surface area contributed by atoms with Crippen molar-refractivity contribution in [3.63, 3.8) is 0 Å². The van der Waals surface area contributed by atoms with E-state index in [-0.39, 0.29) is 42.9 Å². The minimum atomic E-state index is -1.41. The van der Waals surface area contributed by atoms with Crippen molar-refractivity contribution < 1.29 is 33.6 Å². The molecular formula is C26H34N6O7. The topological polar surface area (TPSA) is 183 Å². The maximum atomic E-state index is 13.2. The van der Waals surface area contributed by atoms with Crippen molar-refractivity contribution in [3.8, 4) is 0 Å². The van der Waals surface area contributed by atoms with Crippen molar-refractivity contribution >= 4 is 29.5 Å². The van der Waals surface area contributed by atoms with E-state index in [1.807, 2.05) is 0 Å². The summed E-state index contributed by atoms with van der Waals surface area (Å²) in [6.07, 6.45) is -1.31. The van der Waals surface area contributed by atoms with Gasteiger partial charge in [-0.3, -0.25) is 24.0 Å². The first-order valence-electron chi connectivity index (χ1n) is 12.6. The summed E-state index contributed by atoms with van der Waals surface area (Å²) in [4.78, 5) is 66.0. The van der Waals surface area contributed by atoms with E-state index in [2.05, 4.69) is 26.4 Å². The summed E-state index contributed by atoms with van der Waals surface area (Å²) in [6.45, 7) is 6.33. The second-order valence-corrected chi connectivity index (χ2v) is 9.71. The predicted molar refractivity (Wildman–Crippen MR) is 138 cm³/mol. The van der Waals surface area contributed by atoms with Gasteiger partial charge >= 0.3 is 0 Å². The Morgan fingerprint density at radius 2 is 1.69 bits per heavy atom. The van der Waals surface area contributed by atoms with Crippen LogP contribution in [0.25, 0.3) is 0 Å². The average Bonchev–Trinajstić information content (AvgIpc) is 3.37. The highest BCUT2D eigenvalue weighted by Crippen LogP contribution is 2.12. The van der Waals surface area contributed by atoms with Gasteiger partial charge < -0.3 is 35.8 Å². The molecule has 0 fully saturated rings. The van der Waals surface area contributed by atoms with Crippen LogP contribution in [-0.2, 0) is 20.9 Å². The lowest BCUT2D eigenvalue weighted by Gasteiger charge is -2.26. The van der Waals surface area contributed by atoms with Crippen molar-refractivity contribution in [2.45, 2.75) is 58.5 Å². The number of carbonyl (C=O) groups excluding carboxylic acids is 5. The number of benzene rings is 1. The van der Waals surface area contributed by atoms with Crippen LogP contribution in [0, 0.1) is 5.92 Å². The Morgan fingerprint density at radius 1 is 1.00 bits per heavy atom. The SMILES string of the molecule is CC(C)[C@@H]1NC(=O)[C@H](C)NC(=O)[C@H]([C@@H](C)O)NC(=O)c2cc(on2)CN(C(=O)c2ccccc2)CCNC1=O. The van der Waals surface area contributed by atoms with E-state index >= 15 is 0 Å². The molecular weight excluding hydrogens is 508 g/mol. The molecule has 2 aromatic rings. The quantitative estimate of drug-likeness (QED) is 0.346. The Labute approximate surface area is 225 Å². The van der Waals surface area contributed by atoms with Crippen LogP contribution in [0.4, 0.5) is 0 Å². The molecule has 5 amide bonds. The lowest BCUT2D eigenvalue weighted by molar-refractivity contribution is -0.133. The van der Waals surface area contributed by atoms with Crippen molar-refractivity contribution in [2.24, 2.45) is 5.92 Å². The molecule has 13 nitrogen and oxygen atoms in total. The van der Waals surface area contributed by atoms with E-state index in [1.54, 1.807) is 44.2 Å². The number of hydrogen-bond acceptors (Lipinski definition) is 8. The van der Waals surface area contributed by atoms with Gasteiger partial charge in [-0.25, -0.2) is 0 Å². The van der Waals surface area contributed by atoms with Crippen LogP contribution in [-0.4, -0.2) is 82.0 Å². The van der Waals surface area contributed by atoms with Gasteiger partial charge in [0.25, 0.3) is 11.8 Å². The highest BCUT2D eigenvalue weighted by molar-refractivity contribution is 5.98. The number of nitrogens with one attached hydrogen (secondary N) is 4. The van der Waals surface area contributed by atoms with Crippen LogP contribution in [0.2, 0.25) is 0 Å². The van der Waals surface area contributed by atoms with E-state index in [4.69, 9.17) is 4.52 Å². The van der Waals surface area contributed by atoms with Gasteiger partial charge in [-0.1, -0.05) is 37.2 Å². The number of aliphatic hydroxyl groups excluding tert-OH is 1. The third-order valence-electron chi connectivity index (χ3n) is 6.18. The third-order valence-corrected chi connectivity index (χ3v) is 6.18. The largest absolute Gasteiger partial charge is 0.391 e. The molecule has 1 aromatic heterocycles. The van der Waals surface area contributed by atoms with Gasteiger partial charge in [-0.15, -0.1) is 0 Å². The van der Waals surface area contributed by atoms with Crippen LogP contribution >= 0.6 is 0 Å². The van der Waals surface area contributed by atoms with Gasteiger partial charge in [-0.2, -0.15) is 0 Å². The molecule has 1 aromatic carbocycles. The van der Waals surface area contributed by atoms with E-state index in [0.29, 0.717) is 5.56 Å². The Balaban J connectivity index is 1.93. The van der Waals surface area contributed by atoms with Gasteiger partial charge in [0.1, 0.15) is 18.1 Å². The van der Waals surface area contributed by atoms with Gasteiger partial charge in [0.05, 0.1) is 12.6 Å². The van der Waals surface area contributed by atoms with Gasteiger partial charge in [0, 0.05) is 24.7 Å². The van der Waals surface area contributed by atoms with Crippen LogP contribution in [0.1, 0.15) is 54.3 Å². The molecule has 2 bridgehead atoms. The second kappa shape index (κ2) is 13.0. The normalized spacial score (nSPS) is 22.6. The highest BCUT2D eigenvalue weighted by Gasteiger charge is 2.32. The van der Waals surface area contributed by atoms with Gasteiger partial charge in [-0.05, 0) is 31.9 Å². The predicted octanol–water partition coefficient (Wildman–Crippen LogP) is -0.428. The number of aromatic nitrogens is 1. The summed E-state index contributed by atoms with van der Waals surface area (Å²) in [7, 11) is 0. The number of hydrogen-bond donors (Lipinski definition) is 5. The first-order valence-corrected chi connectivity index (χ1v) is 12.6. The summed E-state index contributed by atoms with van der Waals surface area (Å²) < 4.78 is 5.28. The van der Waals surface area contributed by atoms with Crippen molar-refractivity contribution in [2.75, 3.05) is 13.1 Å². The first-order chi connectivity index (χ1) is 18.5. The standard InChI is InChI=1S/C26H34N6O7/c1-14(2)20-24(36)27-10-11-32(26(38)17-8-6-5-7-9-17)13-18-12-19(31-39-18)23(35)30-21(16(4)33)25(37)28-15(3)22(34)29-20/h5-9,12,14-16,20-21,33H,10-11,13H2,1-4H3,(H,27,36)(H,28,37)(H,29,34)(H,30,35)/t15-,16+,20-,21-/m0/s1. The van der Waals surface area contributed by atoms with E-state index in [9.17, 15) is 29.1 Å². The monoisotopic (exact) mass is 542 g/mol. The van der Waals surface area contributed by atoms with E-state index in [1.165, 1.54) is 24.8 Å². The molecule has 1 aliphatic heterocycles. The molecule has 0 unspecified atom stereocenters. The van der Waals surface area contributed by atoms with Crippen molar-refractivity contribution in [3.05, 3.63) is 53.4 Å². The minimum absolute atomic E-state index is 0.0634. The number of aliphatic hydroxyl groups is 1. The zero-order valence-electron chi connectivity index (χ0n) is 22.3. The smallest absolute Gasteiger partial charge is 0.274 e. The molecule has 4 atom stereocenters. The maximum Gasteiger partial charge on any atom is 0.274 e. The number of fused-ring (bicyclic) bond motifs is 2. The second-order valence-electron chi connectivity index (χ2n) is 9.71. The zero-order valence-corrected chi connectivity index (χ0v) is 22.3. The zero-order chi connectivity index (χ0) is 28.7. The number of carbonyl (C=O) groups is 5. The number of rotatable bonds is 3. The molecule has 0 saturated carbocycles. The van der Waals surface area contributed by atoms with E-state index < -0.39 is 47.9 Å². The fourth-order valence-electron chi connectivity index (χ4n) is 3.92. The molecule has 0 spiro atoms. The van der Waals surface area contributed by atoms with Crippen LogP contribution in [0.5, 0.6) is 0 Å². The molecule has 39 heavy (non-hydrogen) atoms. The molecule has 0 saturated heterocycles. The fraction of sp³-hybridized carbons (Fsp3) is 0.462. The fourth-order valence-corrected chi connectivity index (χ4v) is 3.92. The Kier molecular flexibility index (Phi) is 9.77. The molecule has 13 heteroatoms. The molecule has 3 rings (SSSR count). The number of amides is 5. The summed E-state index contributed by atoms with van der Waals surface area (Å²) in [5.41, 5.74) is 0.242. The summed E-state index contributed by atoms with van der Waals surface area (Å²) in [6, 6.07) is 6.44. The van der Waals surface area contributed by atoms with Crippen LogP contribution in [0.3, 0.4) is 0 Å². The summed E-state index contributed by atoms with van der Waals surface area (Å²) >= 11 is 0. The molecule has 2 heterocycles. The third kappa shape index (κ3) is 7.63. The molecule has 0 radical (unpaired) electrons. The highest BCUT2D eigenvalue weighted by atomic mass is 16.5. The van der Waals surface area contributed by atoms with E-state index in [0.717, 1.165) is 0 Å². The average molecular weight is 543 g/mol. The van der Waals surface area contributed by atoms with Crippen molar-refractivity contribution in [1.82, 2.24) is 31.3 Å². The summed E-state index contributed by atoms with van der Waals surface area (Å²) in [5, 5.41) is 24.1. The number of nitrogens with zero attached hydrogens (tertiary/aromatic N) is 2. The molecule has 0 aliphatic carbocycles. The van der Waals surface area contributed by atoms with Gasteiger partial charge in [0.2, 0.25) is 17.7 Å². The molecule has 1 aliphatic rings. The first kappa shape index (κ1) is 29.3. The molecule has 210 valence electrons. The lowest BCUT2D eigenvalue weighted by Crippen LogP contribution is -2.58. The van der Waals surface area contributed by atoms with Crippen LogP contribution < -0.4 is 21.3 Å². The van der Waals surface area contributed by atoms with Crippen LogP contribution in [0.15, 0.2) is 40.9 Å². The Morgan fingerprint density at radius 3 is 2.33 bits per heavy atom. The Bertz CT molecular complexity index is 1200. The Hall–Kier alpha value is -4.26. The van der Waals surface area contributed by atoms with Gasteiger partial charge in [0.15, 0.2) is 11.5 Å². The summed E-state index contributed by atoms with van der Waals surface area (Å²) in [5.74, 6) is -3.13. The maximum absolute atomic E-state index is 13.2. The molecule has 5 N–H and O–H groups in total. The minimum Gasteiger partial charge on any atom is -0.391 e. The van der Waals surface area contributed by atoms with Crippen molar-refractivity contribution in [1.29, 1.82) is 0 Å². The lowest BCUT2D eigenvalue weighted by atomic mass is 10.0.